The van der Waals surface area contributed by atoms with Gasteiger partial charge in [-0.15, -0.1) is 0 Å². The number of aliphatic hydroxyl groups excluding tert-OH is 1. The van der Waals surface area contributed by atoms with Crippen molar-refractivity contribution < 1.29 is 75.6 Å². The number of thioether (sulfide) groups is 1. The molecule has 168 valence electrons. The summed E-state index contributed by atoms with van der Waals surface area (Å²) in [6, 6.07) is 21.4. The summed E-state index contributed by atoms with van der Waals surface area (Å²) >= 11 is 0.842. The van der Waals surface area contributed by atoms with Crippen LogP contribution in [-0.2, 0) is 11.4 Å². The molecule has 1 aliphatic rings. The number of hydrogen-bond acceptors (Lipinski definition) is 6. The van der Waals surface area contributed by atoms with Gasteiger partial charge in [-0.2, -0.15) is 0 Å². The van der Waals surface area contributed by atoms with Gasteiger partial charge in [-0.25, -0.2) is 0 Å². The van der Waals surface area contributed by atoms with E-state index < -0.39 is 11.1 Å². The molecule has 0 unspecified atom stereocenters. The molecule has 0 bridgehead atoms. The zero-order chi connectivity index (χ0) is 23.2. The number of nitrogens with zero attached hydrogens (tertiary/aromatic N) is 1. The molecule has 3 aromatic carbocycles. The van der Waals surface area contributed by atoms with Gasteiger partial charge < -0.3 is 29.5 Å². The Hall–Kier alpha value is -1.91. The van der Waals surface area contributed by atoms with Gasteiger partial charge in [0.2, 0.25) is 0 Å². The molecule has 0 aliphatic carbocycles. The Labute approximate surface area is 245 Å². The van der Waals surface area contributed by atoms with Crippen LogP contribution in [0.25, 0.3) is 22.5 Å². The SMILES string of the molecule is Cc1cc(OCCO)ccc1-c1cccc(COc2ccc(/C=C3\SC(=O)[N-]C3=O)cc2)c1.[K+]. The molecule has 2 amide bonds. The second-order valence-electron chi connectivity index (χ2n) is 7.40. The summed E-state index contributed by atoms with van der Waals surface area (Å²) in [4.78, 5) is 23.2. The van der Waals surface area contributed by atoms with Crippen molar-refractivity contribution in [3.05, 3.63) is 93.6 Å². The molecular weight excluding hydrogens is 477 g/mol. The van der Waals surface area contributed by atoms with Gasteiger partial charge in [-0.05, 0) is 71.1 Å². The van der Waals surface area contributed by atoms with Gasteiger partial charge in [-0.3, -0.25) is 0 Å². The first-order valence-electron chi connectivity index (χ1n) is 10.4. The van der Waals surface area contributed by atoms with Crippen LogP contribution in [0.1, 0.15) is 16.7 Å². The first-order valence-corrected chi connectivity index (χ1v) is 11.2. The van der Waals surface area contributed by atoms with Crippen LogP contribution in [0, 0.1) is 6.92 Å². The van der Waals surface area contributed by atoms with E-state index in [1.165, 1.54) is 0 Å². The summed E-state index contributed by atoms with van der Waals surface area (Å²) in [5.74, 6) is 0.948. The Kier molecular flexibility index (Phi) is 9.96. The normalized spacial score (nSPS) is 14.0. The molecule has 34 heavy (non-hydrogen) atoms. The largest absolute Gasteiger partial charge is 1.00 e. The molecule has 0 aromatic heterocycles. The third kappa shape index (κ3) is 7.05. The van der Waals surface area contributed by atoms with Crippen molar-refractivity contribution in [1.82, 2.24) is 0 Å². The number of carbonyl (C=O) groups is 2. The Bertz CT molecular complexity index is 1210. The summed E-state index contributed by atoms with van der Waals surface area (Å²) < 4.78 is 11.4. The smallest absolute Gasteiger partial charge is 0.581 e. The van der Waals surface area contributed by atoms with Crippen molar-refractivity contribution in [2.24, 2.45) is 0 Å². The van der Waals surface area contributed by atoms with Crippen molar-refractivity contribution in [2.75, 3.05) is 13.2 Å². The average molecular weight is 500 g/mol. The Morgan fingerprint density at radius 3 is 2.41 bits per heavy atom. The molecule has 0 radical (unpaired) electrons. The van der Waals surface area contributed by atoms with Crippen LogP contribution < -0.4 is 60.9 Å². The number of carbonyl (C=O) groups excluding carboxylic acids is 2. The number of aryl methyl sites for hydroxylation is 1. The van der Waals surface area contributed by atoms with Crippen molar-refractivity contribution in [1.29, 1.82) is 0 Å². The predicted octanol–water partition coefficient (Wildman–Crippen LogP) is 2.72. The number of ether oxygens (including phenoxy) is 2. The number of aliphatic hydroxyl groups is 1. The number of rotatable bonds is 8. The first kappa shape index (κ1) is 26.7. The summed E-state index contributed by atoms with van der Waals surface area (Å²) in [5.41, 5.74) is 5.11. The molecular formula is C26H22KNO5S. The maximum Gasteiger partial charge on any atom is 1.00 e. The predicted molar refractivity (Wildman–Crippen MR) is 129 cm³/mol. The van der Waals surface area contributed by atoms with Crippen LogP contribution in [0.15, 0.2) is 71.6 Å². The van der Waals surface area contributed by atoms with Crippen molar-refractivity contribution in [3.63, 3.8) is 0 Å². The fourth-order valence-corrected chi connectivity index (χ4v) is 4.05. The van der Waals surface area contributed by atoms with E-state index in [0.717, 1.165) is 45.3 Å². The van der Waals surface area contributed by atoms with Crippen LogP contribution in [0.2, 0.25) is 0 Å². The summed E-state index contributed by atoms with van der Waals surface area (Å²) in [7, 11) is 0. The molecule has 1 aliphatic heterocycles. The van der Waals surface area contributed by atoms with E-state index in [4.69, 9.17) is 14.6 Å². The standard InChI is InChI=1S/C26H23NO5S.K/c1-17-13-22(31-12-11-28)9-10-23(17)20-4-2-3-19(14-20)16-32-21-7-5-18(6-8-21)15-24-25(29)27-26(30)33-24;/h2-10,13-15,28H,11-12,16H2,1H3,(H,27,29,30);/q;+1/p-1/b24-15-;. The van der Waals surface area contributed by atoms with Crippen LogP contribution >= 0.6 is 11.8 Å². The molecule has 3 aromatic rings. The molecule has 0 spiro atoms. The fourth-order valence-electron chi connectivity index (χ4n) is 3.41. The molecule has 6 nitrogen and oxygen atoms in total. The number of amides is 2. The number of hydrogen-bond donors (Lipinski definition) is 1. The second kappa shape index (κ2) is 12.7. The molecule has 1 heterocycles. The minimum atomic E-state index is -0.493. The second-order valence-corrected chi connectivity index (χ2v) is 8.39. The van der Waals surface area contributed by atoms with Crippen LogP contribution in [0.5, 0.6) is 11.5 Å². The van der Waals surface area contributed by atoms with Crippen LogP contribution in [0.3, 0.4) is 0 Å². The van der Waals surface area contributed by atoms with E-state index in [-0.39, 0.29) is 64.6 Å². The topological polar surface area (TPSA) is 86.9 Å². The molecule has 4 rings (SSSR count). The summed E-state index contributed by atoms with van der Waals surface area (Å²) in [6.45, 7) is 2.70. The Morgan fingerprint density at radius 2 is 1.74 bits per heavy atom. The van der Waals surface area contributed by atoms with Gasteiger partial charge in [0.15, 0.2) is 0 Å². The Morgan fingerprint density at radius 1 is 0.971 bits per heavy atom. The minimum absolute atomic E-state index is 0. The molecule has 0 atom stereocenters. The maximum absolute atomic E-state index is 11.6. The van der Waals surface area contributed by atoms with E-state index in [2.05, 4.69) is 17.4 Å². The minimum Gasteiger partial charge on any atom is -0.581 e. The van der Waals surface area contributed by atoms with Gasteiger partial charge in [0.25, 0.3) is 0 Å². The van der Waals surface area contributed by atoms with Crippen LogP contribution in [-0.4, -0.2) is 29.5 Å². The molecule has 8 heteroatoms. The molecule has 0 saturated carbocycles. The first-order chi connectivity index (χ1) is 16.0. The zero-order valence-corrected chi connectivity index (χ0v) is 22.9. The van der Waals surface area contributed by atoms with Crippen molar-refractivity contribution in [2.45, 2.75) is 13.5 Å². The van der Waals surface area contributed by atoms with Crippen molar-refractivity contribution >= 4 is 29.0 Å². The summed E-state index contributed by atoms with van der Waals surface area (Å²) in [5, 5.41) is 11.8. The van der Waals surface area contributed by atoms with E-state index in [1.807, 2.05) is 61.5 Å². The van der Waals surface area contributed by atoms with E-state index >= 15 is 0 Å². The quantitative estimate of drug-likeness (QED) is 0.379. The van der Waals surface area contributed by atoms with Gasteiger partial charge in [0.05, 0.1) is 12.5 Å². The average Bonchev–Trinajstić information content (AvgIpc) is 3.13. The third-order valence-corrected chi connectivity index (χ3v) is 5.76. The van der Waals surface area contributed by atoms with Gasteiger partial charge in [-0.1, -0.05) is 48.2 Å². The monoisotopic (exact) mass is 499 g/mol. The zero-order valence-electron chi connectivity index (χ0n) is 19.0. The van der Waals surface area contributed by atoms with Gasteiger partial charge in [0, 0.05) is 4.91 Å². The third-order valence-electron chi connectivity index (χ3n) is 4.98. The van der Waals surface area contributed by atoms with E-state index in [9.17, 15) is 9.59 Å². The molecule has 1 N–H and O–H groups in total. The number of imide groups is 1. The Balaban J connectivity index is 0.00000324. The molecule has 1 saturated heterocycles. The van der Waals surface area contributed by atoms with Crippen LogP contribution in [0.4, 0.5) is 4.79 Å². The van der Waals surface area contributed by atoms with E-state index in [1.54, 1.807) is 6.08 Å². The summed E-state index contributed by atoms with van der Waals surface area (Å²) in [6.07, 6.45) is 1.65. The fraction of sp³-hybridized carbons (Fsp3) is 0.154. The maximum atomic E-state index is 11.6. The van der Waals surface area contributed by atoms with Crippen molar-refractivity contribution in [3.8, 4) is 22.6 Å². The van der Waals surface area contributed by atoms with Gasteiger partial charge >= 0.3 is 51.4 Å². The molecule has 1 fully saturated rings. The number of benzene rings is 3. The van der Waals surface area contributed by atoms with E-state index in [0.29, 0.717) is 17.3 Å². The van der Waals surface area contributed by atoms with Gasteiger partial charge in [0.1, 0.15) is 30.0 Å².